The number of aromatic nitrogens is 3. The number of hydrogen-bond donors (Lipinski definition) is 2. The molecule has 3 aliphatic rings. The second kappa shape index (κ2) is 14.8. The van der Waals surface area contributed by atoms with Crippen LogP contribution in [-0.2, 0) is 28.7 Å². The number of ether oxygens (including phenoxy) is 2. The van der Waals surface area contributed by atoms with Crippen LogP contribution in [0.5, 0.6) is 0 Å². The number of thiazole rings is 1. The van der Waals surface area contributed by atoms with Crippen molar-refractivity contribution in [1.82, 2.24) is 24.6 Å². The molecule has 4 aromatic rings. The zero-order valence-corrected chi connectivity index (χ0v) is 28.4. The predicted octanol–water partition coefficient (Wildman–Crippen LogP) is 4.30. The number of nitrogens with two attached hydrogens (primary N) is 1. The Bertz CT molecular complexity index is 1820. The second-order valence-electron chi connectivity index (χ2n) is 11.4. The average molecular weight is 718 g/mol. The van der Waals surface area contributed by atoms with Crippen LogP contribution in [-0.4, -0.2) is 73.3 Å². The van der Waals surface area contributed by atoms with Gasteiger partial charge in [-0.1, -0.05) is 77.6 Å². The first-order valence-electron chi connectivity index (χ1n) is 15.6. The number of thioether (sulfide) groups is 1. The summed E-state index contributed by atoms with van der Waals surface area (Å²) in [7, 11) is 0. The quantitative estimate of drug-likeness (QED) is 0.0704. The molecule has 2 fully saturated rings. The van der Waals surface area contributed by atoms with Gasteiger partial charge in [-0.25, -0.2) is 14.8 Å². The van der Waals surface area contributed by atoms with Crippen LogP contribution in [0.15, 0.2) is 93.3 Å². The third kappa shape index (κ3) is 7.16. The number of nitrogens with zero attached hydrogens (tertiary/aromatic N) is 5. The number of oxime groups is 1. The number of anilines is 1. The third-order valence-electron chi connectivity index (χ3n) is 8.31. The fourth-order valence-corrected chi connectivity index (χ4v) is 7.83. The standard InChI is InChI=1S/C33H31N7O6S3/c34-32-37-22(16-47-32)25(39-46-21-13-7-8-14-21)29(41)38-26-23-15-44-24(17-48-33-35-18-36-49-33)27(40(23)30(26)42)31(43)45-28(19-9-3-1-4-10-19)20-11-5-2-6-12-20/h1-6,9-12,16,18,21,23,26,28H,7-8,13-15,17H2,(H2,34,37)(H,38,41)/b39-25-. The molecular formula is C33H31N7O6S3. The Morgan fingerprint density at radius 2 is 1.82 bits per heavy atom. The number of nitrogen functional groups attached to an aromatic ring is 1. The zero-order valence-electron chi connectivity index (χ0n) is 26.0. The molecule has 2 atom stereocenters. The number of β-lactam (4-membered cyclic amide) rings is 1. The molecule has 2 aromatic carbocycles. The molecule has 2 aromatic heterocycles. The zero-order chi connectivity index (χ0) is 33.7. The van der Waals surface area contributed by atoms with E-state index in [-0.39, 0.29) is 46.5 Å². The molecule has 2 amide bonds. The van der Waals surface area contributed by atoms with E-state index in [0.29, 0.717) is 4.34 Å². The minimum atomic E-state index is -1.00. The van der Waals surface area contributed by atoms with Gasteiger partial charge in [-0.05, 0) is 48.3 Å². The summed E-state index contributed by atoms with van der Waals surface area (Å²) in [5.74, 6) is -1.41. The van der Waals surface area contributed by atoms with E-state index in [0.717, 1.165) is 48.1 Å². The lowest BCUT2D eigenvalue weighted by Gasteiger charge is -2.49. The highest BCUT2D eigenvalue weighted by molar-refractivity contribution is 8.01. The van der Waals surface area contributed by atoms with Crippen LogP contribution in [0.3, 0.4) is 0 Å². The smallest absolute Gasteiger partial charge is 0.359 e. The first-order chi connectivity index (χ1) is 24.0. The number of rotatable bonds is 12. The first-order valence-corrected chi connectivity index (χ1v) is 18.3. The van der Waals surface area contributed by atoms with Crippen molar-refractivity contribution in [3.63, 3.8) is 0 Å². The summed E-state index contributed by atoms with van der Waals surface area (Å²) in [4.78, 5) is 57.1. The van der Waals surface area contributed by atoms with Gasteiger partial charge in [0.05, 0.1) is 5.75 Å². The molecule has 1 aliphatic carbocycles. The fraction of sp³-hybridized carbons (Fsp3) is 0.303. The number of esters is 1. The van der Waals surface area contributed by atoms with E-state index < -0.39 is 36.0 Å². The van der Waals surface area contributed by atoms with E-state index in [1.165, 1.54) is 34.5 Å². The fourth-order valence-electron chi connectivity index (χ4n) is 5.89. The van der Waals surface area contributed by atoms with E-state index in [2.05, 4.69) is 24.8 Å². The van der Waals surface area contributed by atoms with Crippen molar-refractivity contribution < 1.29 is 28.7 Å². The lowest BCUT2D eigenvalue weighted by molar-refractivity contribution is -0.163. The van der Waals surface area contributed by atoms with Gasteiger partial charge in [-0.2, -0.15) is 4.37 Å². The van der Waals surface area contributed by atoms with Crippen molar-refractivity contribution in [2.75, 3.05) is 18.1 Å². The number of fused-ring (bicyclic) bond motifs is 1. The van der Waals surface area contributed by atoms with Gasteiger partial charge in [0, 0.05) is 5.38 Å². The van der Waals surface area contributed by atoms with Gasteiger partial charge in [0.25, 0.3) is 11.8 Å². The van der Waals surface area contributed by atoms with Crippen LogP contribution in [0.25, 0.3) is 0 Å². The number of benzene rings is 2. The number of carbonyl (C=O) groups is 3. The van der Waals surface area contributed by atoms with Crippen molar-refractivity contribution in [2.24, 2.45) is 5.16 Å². The van der Waals surface area contributed by atoms with Gasteiger partial charge in [0.15, 0.2) is 27.0 Å². The number of carbonyl (C=O) groups excluding carboxylic acids is 3. The Morgan fingerprint density at radius 3 is 2.45 bits per heavy atom. The number of hydrogen-bond acceptors (Lipinski definition) is 14. The molecule has 0 spiro atoms. The van der Waals surface area contributed by atoms with E-state index in [1.54, 1.807) is 5.38 Å². The summed E-state index contributed by atoms with van der Waals surface area (Å²) >= 11 is 3.70. The average Bonchev–Trinajstić information content (AvgIpc) is 3.94. The first kappa shape index (κ1) is 32.7. The second-order valence-corrected chi connectivity index (χ2v) is 14.3. The van der Waals surface area contributed by atoms with Crippen molar-refractivity contribution in [2.45, 2.75) is 54.3 Å². The van der Waals surface area contributed by atoms with Crippen molar-refractivity contribution in [3.8, 4) is 0 Å². The maximum Gasteiger partial charge on any atom is 0.359 e. The van der Waals surface area contributed by atoms with Crippen LogP contribution in [0.2, 0.25) is 0 Å². The van der Waals surface area contributed by atoms with Gasteiger partial charge in [-0.15, -0.1) is 11.3 Å². The Balaban J connectivity index is 1.14. The van der Waals surface area contributed by atoms with E-state index in [9.17, 15) is 14.4 Å². The van der Waals surface area contributed by atoms with Crippen molar-refractivity contribution >= 4 is 63.3 Å². The molecule has 13 nitrogen and oxygen atoms in total. The van der Waals surface area contributed by atoms with Crippen LogP contribution < -0.4 is 11.1 Å². The van der Waals surface area contributed by atoms with Gasteiger partial charge >= 0.3 is 5.97 Å². The summed E-state index contributed by atoms with van der Waals surface area (Å²) in [6.07, 6.45) is 4.32. The van der Waals surface area contributed by atoms with E-state index in [1.807, 2.05) is 60.7 Å². The Morgan fingerprint density at radius 1 is 1.10 bits per heavy atom. The highest BCUT2D eigenvalue weighted by Crippen LogP contribution is 2.37. The third-order valence-corrected chi connectivity index (χ3v) is 10.8. The maximum atomic E-state index is 14.2. The van der Waals surface area contributed by atoms with Crippen LogP contribution in [0.4, 0.5) is 5.13 Å². The van der Waals surface area contributed by atoms with Gasteiger partial charge < -0.3 is 25.4 Å². The minimum absolute atomic E-state index is 0.0219. The molecule has 3 N–H and O–H groups in total. The minimum Gasteiger partial charge on any atom is -0.492 e. The molecule has 252 valence electrons. The monoisotopic (exact) mass is 717 g/mol. The van der Waals surface area contributed by atoms with Gasteiger partial charge in [0.1, 0.15) is 42.6 Å². The Labute approximate surface area is 293 Å². The molecule has 49 heavy (non-hydrogen) atoms. The lowest BCUT2D eigenvalue weighted by Crippen LogP contribution is -2.73. The van der Waals surface area contributed by atoms with Crippen LogP contribution in [0.1, 0.15) is 48.6 Å². The Hall–Kier alpha value is -4.80. The summed E-state index contributed by atoms with van der Waals surface area (Å²) in [6.45, 7) is 0.0367. The van der Waals surface area contributed by atoms with Crippen molar-refractivity contribution in [1.29, 1.82) is 0 Å². The molecule has 1 saturated carbocycles. The molecule has 1 saturated heterocycles. The highest BCUT2D eigenvalue weighted by atomic mass is 32.2. The van der Waals surface area contributed by atoms with E-state index >= 15 is 0 Å². The molecule has 7 rings (SSSR count). The Kier molecular flexibility index (Phi) is 9.86. The van der Waals surface area contributed by atoms with E-state index in [4.69, 9.17) is 20.0 Å². The molecule has 0 bridgehead atoms. The number of nitrogens with one attached hydrogen (secondary N) is 1. The van der Waals surface area contributed by atoms with Gasteiger partial charge in [-0.3, -0.25) is 14.5 Å². The maximum absolute atomic E-state index is 14.2. The van der Waals surface area contributed by atoms with Crippen LogP contribution >= 0.6 is 34.6 Å². The highest BCUT2D eigenvalue weighted by Gasteiger charge is 2.55. The number of amides is 2. The lowest BCUT2D eigenvalue weighted by atomic mass is 9.92. The summed E-state index contributed by atoms with van der Waals surface area (Å²) in [5, 5.41) is 8.81. The molecule has 2 unspecified atom stereocenters. The topological polar surface area (TPSA) is 171 Å². The molecule has 0 radical (unpaired) electrons. The molecule has 4 heterocycles. The summed E-state index contributed by atoms with van der Waals surface area (Å²) in [5.41, 5.74) is 7.51. The van der Waals surface area contributed by atoms with Crippen LogP contribution in [0, 0.1) is 0 Å². The largest absolute Gasteiger partial charge is 0.492 e. The summed E-state index contributed by atoms with van der Waals surface area (Å²) < 4.78 is 17.0. The van der Waals surface area contributed by atoms with Gasteiger partial charge in [0.2, 0.25) is 0 Å². The normalized spacial score (nSPS) is 19.3. The van der Waals surface area contributed by atoms with Crippen molar-refractivity contribution in [3.05, 3.63) is 101 Å². The molecule has 16 heteroatoms. The molecule has 2 aliphatic heterocycles. The predicted molar refractivity (Wildman–Crippen MR) is 183 cm³/mol. The summed E-state index contributed by atoms with van der Waals surface area (Å²) in [6, 6.07) is 17.0. The SMILES string of the molecule is Nc1nc(/C(=N/OC2CCCC2)C(=O)NC2C(=O)N3C(C(=O)OC(c4ccccc4)c4ccccc4)=C(CSc4ncns4)OCC23)cs1. The molecular weight excluding hydrogens is 687 g/mol.